The molecule has 1 rings (SSSR count). The van der Waals surface area contributed by atoms with Crippen LogP contribution in [0.4, 0.5) is 5.69 Å². The number of aliphatic hydroxyl groups excluding tert-OH is 1. The molecule has 2 N–H and O–H groups in total. The fraction of sp³-hybridized carbons (Fsp3) is 0.333. The summed E-state index contributed by atoms with van der Waals surface area (Å²) in [7, 11) is -3.43. The summed E-state index contributed by atoms with van der Waals surface area (Å²) >= 11 is 8.97. The lowest BCUT2D eigenvalue weighted by Crippen LogP contribution is -2.17. The molecule has 16 heavy (non-hydrogen) atoms. The number of rotatable bonds is 5. The zero-order chi connectivity index (χ0) is 12.2. The topological polar surface area (TPSA) is 66.4 Å². The molecule has 7 heteroatoms. The number of anilines is 1. The van der Waals surface area contributed by atoms with Crippen LogP contribution in [0.2, 0.25) is 5.02 Å². The zero-order valence-electron chi connectivity index (χ0n) is 8.28. The molecule has 0 saturated carbocycles. The highest BCUT2D eigenvalue weighted by Gasteiger charge is 2.11. The van der Waals surface area contributed by atoms with E-state index in [4.69, 9.17) is 16.7 Å². The van der Waals surface area contributed by atoms with Gasteiger partial charge < -0.3 is 5.11 Å². The maximum absolute atomic E-state index is 11.5. The van der Waals surface area contributed by atoms with Gasteiger partial charge in [0, 0.05) is 16.1 Å². The zero-order valence-corrected chi connectivity index (χ0v) is 11.4. The van der Waals surface area contributed by atoms with Crippen LogP contribution in [0.15, 0.2) is 22.7 Å². The maximum Gasteiger partial charge on any atom is 0.232 e. The Morgan fingerprint density at radius 3 is 2.75 bits per heavy atom. The lowest BCUT2D eigenvalue weighted by atomic mass is 10.3. The summed E-state index contributed by atoms with van der Waals surface area (Å²) in [6, 6.07) is 4.82. The molecule has 0 aliphatic rings. The van der Waals surface area contributed by atoms with Gasteiger partial charge in [-0.1, -0.05) is 11.6 Å². The Bertz CT molecular complexity index is 464. The molecule has 4 nitrogen and oxygen atoms in total. The average Bonchev–Trinajstić information content (AvgIpc) is 2.20. The summed E-state index contributed by atoms with van der Waals surface area (Å²) in [5.41, 5.74) is 0.394. The van der Waals surface area contributed by atoms with E-state index >= 15 is 0 Å². The van der Waals surface area contributed by atoms with E-state index in [9.17, 15) is 8.42 Å². The molecule has 0 spiro atoms. The van der Waals surface area contributed by atoms with Gasteiger partial charge in [-0.25, -0.2) is 8.42 Å². The highest BCUT2D eigenvalue weighted by Crippen LogP contribution is 2.26. The van der Waals surface area contributed by atoms with Gasteiger partial charge in [-0.15, -0.1) is 0 Å². The molecule has 0 aromatic heterocycles. The first-order valence-corrected chi connectivity index (χ1v) is 7.33. The lowest BCUT2D eigenvalue weighted by molar-refractivity contribution is 0.295. The molecule has 0 amide bonds. The Balaban J connectivity index is 2.83. The Hall–Kier alpha value is -0.300. The molecule has 0 unspecified atom stereocenters. The van der Waals surface area contributed by atoms with Crippen molar-refractivity contribution in [1.29, 1.82) is 0 Å². The predicted octanol–water partition coefficient (Wildman–Crippen LogP) is 2.23. The van der Waals surface area contributed by atoms with Gasteiger partial charge in [0.1, 0.15) is 0 Å². The molecular weight excluding hydrogens is 318 g/mol. The van der Waals surface area contributed by atoms with Gasteiger partial charge in [0.05, 0.1) is 11.4 Å². The highest BCUT2D eigenvalue weighted by molar-refractivity contribution is 9.10. The quantitative estimate of drug-likeness (QED) is 0.871. The second-order valence-electron chi connectivity index (χ2n) is 3.12. The number of benzene rings is 1. The normalized spacial score (nSPS) is 11.4. The largest absolute Gasteiger partial charge is 0.396 e. The van der Waals surface area contributed by atoms with E-state index in [1.54, 1.807) is 12.1 Å². The van der Waals surface area contributed by atoms with Crippen LogP contribution in [0.5, 0.6) is 0 Å². The van der Waals surface area contributed by atoms with Gasteiger partial charge in [0.15, 0.2) is 0 Å². The van der Waals surface area contributed by atoms with Crippen molar-refractivity contribution in [3.63, 3.8) is 0 Å². The minimum atomic E-state index is -3.43. The van der Waals surface area contributed by atoms with Gasteiger partial charge in [0.25, 0.3) is 0 Å². The molecule has 1 aromatic rings. The van der Waals surface area contributed by atoms with E-state index < -0.39 is 10.0 Å². The first-order valence-electron chi connectivity index (χ1n) is 4.51. The van der Waals surface area contributed by atoms with Gasteiger partial charge in [0.2, 0.25) is 10.0 Å². The molecule has 0 saturated heterocycles. The van der Waals surface area contributed by atoms with Crippen molar-refractivity contribution in [2.24, 2.45) is 0 Å². The second kappa shape index (κ2) is 5.86. The van der Waals surface area contributed by atoms with Crippen LogP contribution >= 0.6 is 27.5 Å². The Morgan fingerprint density at radius 1 is 1.44 bits per heavy atom. The second-order valence-corrected chi connectivity index (χ2v) is 6.25. The van der Waals surface area contributed by atoms with Crippen molar-refractivity contribution >= 4 is 43.2 Å². The van der Waals surface area contributed by atoms with Crippen molar-refractivity contribution in [3.8, 4) is 0 Å². The third-order valence-corrected chi connectivity index (χ3v) is 4.05. The maximum atomic E-state index is 11.5. The first-order chi connectivity index (χ1) is 7.44. The average molecular weight is 329 g/mol. The number of nitrogens with one attached hydrogen (secondary N) is 1. The Kier molecular flexibility index (Phi) is 5.04. The first kappa shape index (κ1) is 13.8. The minimum Gasteiger partial charge on any atom is -0.396 e. The lowest BCUT2D eigenvalue weighted by Gasteiger charge is -2.09. The third-order valence-electron chi connectivity index (χ3n) is 1.77. The molecule has 0 radical (unpaired) electrons. The summed E-state index contributed by atoms with van der Waals surface area (Å²) in [5, 5.41) is 9.02. The molecular formula is C9H11BrClNO3S. The number of aliphatic hydroxyl groups is 1. The van der Waals surface area contributed by atoms with Crippen LogP contribution in [-0.2, 0) is 10.0 Å². The Morgan fingerprint density at radius 2 is 2.12 bits per heavy atom. The molecule has 0 aliphatic heterocycles. The molecule has 0 aliphatic carbocycles. The van der Waals surface area contributed by atoms with Crippen LogP contribution in [0.1, 0.15) is 6.42 Å². The standard InChI is InChI=1S/C9H11BrClNO3S/c10-8-3-2-7(11)6-9(8)12-16(14,15)5-1-4-13/h2-3,6,12-13H,1,4-5H2. The molecule has 0 fully saturated rings. The number of sulfonamides is 1. The van der Waals surface area contributed by atoms with Gasteiger partial charge in [-0.05, 0) is 40.5 Å². The molecule has 1 aromatic carbocycles. The molecule has 0 bridgehead atoms. The number of hydrogen-bond donors (Lipinski definition) is 2. The molecule has 90 valence electrons. The van der Waals surface area contributed by atoms with Crippen LogP contribution < -0.4 is 4.72 Å². The molecule has 0 atom stereocenters. The summed E-state index contributed by atoms with van der Waals surface area (Å²) < 4.78 is 26.1. The fourth-order valence-corrected chi connectivity index (χ4v) is 2.81. The van der Waals surface area contributed by atoms with E-state index in [0.29, 0.717) is 15.2 Å². The van der Waals surface area contributed by atoms with Gasteiger partial charge >= 0.3 is 0 Å². The van der Waals surface area contributed by atoms with Crippen molar-refractivity contribution in [2.75, 3.05) is 17.1 Å². The van der Waals surface area contributed by atoms with Crippen molar-refractivity contribution in [2.45, 2.75) is 6.42 Å². The van der Waals surface area contributed by atoms with Crippen LogP contribution in [0.3, 0.4) is 0 Å². The van der Waals surface area contributed by atoms with Crippen LogP contribution in [0.25, 0.3) is 0 Å². The minimum absolute atomic E-state index is 0.123. The van der Waals surface area contributed by atoms with E-state index in [1.165, 1.54) is 6.07 Å². The van der Waals surface area contributed by atoms with Gasteiger partial charge in [-0.2, -0.15) is 0 Å². The number of halogens is 2. The summed E-state index contributed by atoms with van der Waals surface area (Å²) in [6.45, 7) is -0.155. The van der Waals surface area contributed by atoms with Crippen molar-refractivity contribution in [1.82, 2.24) is 0 Å². The number of hydrogen-bond acceptors (Lipinski definition) is 3. The SMILES string of the molecule is O=S(=O)(CCCO)Nc1cc(Cl)ccc1Br. The van der Waals surface area contributed by atoms with Crippen molar-refractivity contribution < 1.29 is 13.5 Å². The Labute approximate surface area is 108 Å². The van der Waals surface area contributed by atoms with E-state index in [2.05, 4.69) is 20.7 Å². The fourth-order valence-electron chi connectivity index (χ4n) is 1.05. The van der Waals surface area contributed by atoms with Gasteiger partial charge in [-0.3, -0.25) is 4.72 Å². The summed E-state index contributed by atoms with van der Waals surface area (Å²) in [4.78, 5) is 0. The van der Waals surface area contributed by atoms with Crippen molar-refractivity contribution in [3.05, 3.63) is 27.7 Å². The van der Waals surface area contributed by atoms with Crippen LogP contribution in [-0.4, -0.2) is 25.9 Å². The van der Waals surface area contributed by atoms with E-state index in [-0.39, 0.29) is 18.8 Å². The predicted molar refractivity (Wildman–Crippen MR) is 68.3 cm³/mol. The smallest absolute Gasteiger partial charge is 0.232 e. The highest BCUT2D eigenvalue weighted by atomic mass is 79.9. The van der Waals surface area contributed by atoms with E-state index in [0.717, 1.165) is 0 Å². The summed E-state index contributed by atoms with van der Waals surface area (Å²) in [5.74, 6) is -0.123. The van der Waals surface area contributed by atoms with E-state index in [1.807, 2.05) is 0 Å². The summed E-state index contributed by atoms with van der Waals surface area (Å²) in [6.07, 6.45) is 0.202. The van der Waals surface area contributed by atoms with Crippen LogP contribution in [0, 0.1) is 0 Å². The monoisotopic (exact) mass is 327 g/mol. The molecule has 0 heterocycles. The third kappa shape index (κ3) is 4.29.